The summed E-state index contributed by atoms with van der Waals surface area (Å²) in [6.07, 6.45) is 2.62. The number of hydrogen-bond acceptors (Lipinski definition) is 4. The van der Waals surface area contributed by atoms with Gasteiger partial charge in [-0.2, -0.15) is 0 Å². The zero-order valence-corrected chi connectivity index (χ0v) is 14.5. The number of benzene rings is 1. The lowest BCUT2D eigenvalue weighted by Gasteiger charge is -2.36. The Hall–Kier alpha value is -2.21. The molecule has 6 nitrogen and oxygen atoms in total. The molecule has 2 aromatic rings. The lowest BCUT2D eigenvalue weighted by atomic mass is 9.90. The summed E-state index contributed by atoms with van der Waals surface area (Å²) in [6.45, 7) is 5.68. The summed E-state index contributed by atoms with van der Waals surface area (Å²) in [4.78, 5) is 16.8. The van der Waals surface area contributed by atoms with E-state index < -0.39 is 17.4 Å². The normalized spacial score (nSPS) is 26.9. The number of aromatic amines is 1. The highest BCUT2D eigenvalue weighted by molar-refractivity contribution is 5.84. The fourth-order valence-corrected chi connectivity index (χ4v) is 3.25. The Kier molecular flexibility index (Phi) is 3.95. The summed E-state index contributed by atoms with van der Waals surface area (Å²) in [5.74, 6) is 0.787. The summed E-state index contributed by atoms with van der Waals surface area (Å²) >= 11 is 0. The minimum absolute atomic E-state index is 0.381. The maximum Gasteiger partial charge on any atom is 0.412 e. The Bertz CT molecular complexity index is 767. The number of carbonyl (C=O) groups is 1. The van der Waals surface area contributed by atoms with Gasteiger partial charge in [0.15, 0.2) is 11.3 Å². The number of methoxy groups -OCH3 is 1. The Labute approximate surface area is 141 Å². The second-order valence-corrected chi connectivity index (χ2v) is 6.60. The maximum atomic E-state index is 12.2. The van der Waals surface area contributed by atoms with E-state index in [1.807, 2.05) is 31.3 Å². The van der Waals surface area contributed by atoms with Crippen molar-refractivity contribution in [3.63, 3.8) is 0 Å². The molecular weight excluding hydrogens is 308 g/mol. The topological polar surface area (TPSA) is 74.8 Å². The molecule has 1 aromatic carbocycles. The Morgan fingerprint density at radius 2 is 2.12 bits per heavy atom. The number of carbonyl (C=O) groups excluding carboxylic acids is 1. The first-order valence-corrected chi connectivity index (χ1v) is 8.19. The van der Waals surface area contributed by atoms with Gasteiger partial charge in [0.2, 0.25) is 0 Å². The molecule has 0 saturated carbocycles. The van der Waals surface area contributed by atoms with Gasteiger partial charge in [-0.3, -0.25) is 4.90 Å². The van der Waals surface area contributed by atoms with Gasteiger partial charge in [0.25, 0.3) is 0 Å². The van der Waals surface area contributed by atoms with Crippen molar-refractivity contribution in [2.24, 2.45) is 0 Å². The number of cyclic esters (lactones) is 1. The smallest absolute Gasteiger partial charge is 0.412 e. The van der Waals surface area contributed by atoms with Crippen LogP contribution in [0.5, 0.6) is 5.75 Å². The molecule has 2 N–H and O–H groups in total. The van der Waals surface area contributed by atoms with Crippen molar-refractivity contribution in [2.75, 3.05) is 13.7 Å². The van der Waals surface area contributed by atoms with Gasteiger partial charge in [-0.25, -0.2) is 4.79 Å². The second-order valence-electron chi connectivity index (χ2n) is 6.60. The number of ether oxygens (including phenoxy) is 2. The Morgan fingerprint density at radius 3 is 2.75 bits per heavy atom. The van der Waals surface area contributed by atoms with Crippen molar-refractivity contribution >= 4 is 17.0 Å². The zero-order chi connectivity index (χ0) is 17.5. The van der Waals surface area contributed by atoms with Crippen molar-refractivity contribution in [3.8, 4) is 5.75 Å². The maximum absolute atomic E-state index is 12.2. The number of nitrogens with one attached hydrogen (secondary N) is 1. The van der Waals surface area contributed by atoms with Crippen LogP contribution in [-0.4, -0.2) is 46.1 Å². The quantitative estimate of drug-likeness (QED) is 0.882. The summed E-state index contributed by atoms with van der Waals surface area (Å²) < 4.78 is 10.7. The van der Waals surface area contributed by atoms with Crippen molar-refractivity contribution in [1.82, 2.24) is 9.88 Å². The predicted octanol–water partition coefficient (Wildman–Crippen LogP) is 3.05. The van der Waals surface area contributed by atoms with Crippen LogP contribution in [0.15, 0.2) is 24.4 Å². The number of aliphatic hydroxyl groups is 1. The number of hydrogen-bond donors (Lipinski definition) is 2. The number of fused-ring (bicyclic) bond motifs is 1. The lowest BCUT2D eigenvalue weighted by molar-refractivity contribution is -0.137. The minimum atomic E-state index is -1.33. The molecule has 1 fully saturated rings. The largest absolute Gasteiger partial charge is 0.497 e. The highest BCUT2D eigenvalue weighted by Gasteiger charge is 2.58. The van der Waals surface area contributed by atoms with E-state index >= 15 is 0 Å². The van der Waals surface area contributed by atoms with Crippen molar-refractivity contribution in [2.45, 2.75) is 44.9 Å². The minimum Gasteiger partial charge on any atom is -0.497 e. The van der Waals surface area contributed by atoms with Crippen LogP contribution in [0.1, 0.15) is 32.8 Å². The van der Waals surface area contributed by atoms with E-state index in [1.165, 1.54) is 4.90 Å². The predicted molar refractivity (Wildman–Crippen MR) is 91.1 cm³/mol. The fraction of sp³-hybridized carbons (Fsp3) is 0.500. The Morgan fingerprint density at radius 1 is 1.38 bits per heavy atom. The van der Waals surface area contributed by atoms with Crippen molar-refractivity contribution in [3.05, 3.63) is 30.0 Å². The third-order valence-electron chi connectivity index (χ3n) is 5.31. The summed E-state index contributed by atoms with van der Waals surface area (Å²) in [7, 11) is 1.64. The van der Waals surface area contributed by atoms with Gasteiger partial charge >= 0.3 is 6.09 Å². The van der Waals surface area contributed by atoms with Gasteiger partial charge in [-0.15, -0.1) is 0 Å². The van der Waals surface area contributed by atoms with E-state index in [0.717, 1.165) is 22.2 Å². The molecule has 6 heteroatoms. The molecule has 1 aromatic heterocycles. The molecule has 24 heavy (non-hydrogen) atoms. The molecule has 1 amide bonds. The SMILES string of the molecule is CC[C@]1(C)OC(=O)N(CCc2c[nH]c3ccc(OC)cc23)[C@@]1(C)O. The number of amides is 1. The molecule has 0 unspecified atom stereocenters. The first kappa shape index (κ1) is 16.6. The first-order valence-electron chi connectivity index (χ1n) is 8.19. The third-order valence-corrected chi connectivity index (χ3v) is 5.31. The first-order chi connectivity index (χ1) is 11.3. The summed E-state index contributed by atoms with van der Waals surface area (Å²) in [6, 6.07) is 5.84. The average molecular weight is 332 g/mol. The standard InChI is InChI=1S/C18H24N2O4/c1-5-17(2)18(3,22)20(16(21)24-17)9-8-12-11-19-15-7-6-13(23-4)10-14(12)15/h6-7,10-11,19,22H,5,8-9H2,1-4H3/t17-,18-/m0/s1. The van der Waals surface area contributed by atoms with E-state index in [-0.39, 0.29) is 0 Å². The zero-order valence-electron chi connectivity index (χ0n) is 14.5. The molecule has 2 heterocycles. The van der Waals surface area contributed by atoms with Crippen molar-refractivity contribution in [1.29, 1.82) is 0 Å². The van der Waals surface area contributed by atoms with Crippen LogP contribution in [0.25, 0.3) is 10.9 Å². The van der Waals surface area contributed by atoms with Crippen LogP contribution < -0.4 is 4.74 Å². The number of H-pyrrole nitrogens is 1. The van der Waals surface area contributed by atoms with E-state index in [2.05, 4.69) is 4.98 Å². The Balaban J connectivity index is 1.82. The van der Waals surface area contributed by atoms with E-state index in [0.29, 0.717) is 19.4 Å². The average Bonchev–Trinajstić information content (AvgIpc) is 3.03. The molecule has 1 aliphatic rings. The molecule has 0 spiro atoms. The van der Waals surface area contributed by atoms with Crippen LogP contribution in [0, 0.1) is 0 Å². The lowest BCUT2D eigenvalue weighted by Crippen LogP contribution is -2.55. The molecule has 130 valence electrons. The van der Waals surface area contributed by atoms with Gasteiger partial charge in [0.05, 0.1) is 7.11 Å². The monoisotopic (exact) mass is 332 g/mol. The van der Waals surface area contributed by atoms with E-state index in [4.69, 9.17) is 9.47 Å². The highest BCUT2D eigenvalue weighted by Crippen LogP contribution is 2.39. The molecule has 1 aliphatic heterocycles. The van der Waals surface area contributed by atoms with Gasteiger partial charge in [-0.05, 0) is 50.5 Å². The molecule has 0 bridgehead atoms. The van der Waals surface area contributed by atoms with Gasteiger partial charge < -0.3 is 19.6 Å². The molecule has 0 aliphatic carbocycles. The summed E-state index contributed by atoms with van der Waals surface area (Å²) in [5, 5.41) is 11.9. The van der Waals surface area contributed by atoms with E-state index in [9.17, 15) is 9.90 Å². The van der Waals surface area contributed by atoms with Gasteiger partial charge in [0, 0.05) is 23.6 Å². The molecule has 1 saturated heterocycles. The molecular formula is C18H24N2O4. The van der Waals surface area contributed by atoms with Crippen molar-refractivity contribution < 1.29 is 19.4 Å². The highest BCUT2D eigenvalue weighted by atomic mass is 16.6. The second kappa shape index (κ2) is 5.70. The van der Waals surface area contributed by atoms with Crippen LogP contribution in [0.2, 0.25) is 0 Å². The molecule has 2 atom stereocenters. The van der Waals surface area contributed by atoms with Crippen LogP contribution in [-0.2, 0) is 11.2 Å². The van der Waals surface area contributed by atoms with Gasteiger partial charge in [0.1, 0.15) is 5.75 Å². The number of rotatable bonds is 5. The number of nitrogens with zero attached hydrogens (tertiary/aromatic N) is 1. The number of aromatic nitrogens is 1. The van der Waals surface area contributed by atoms with Gasteiger partial charge in [-0.1, -0.05) is 6.92 Å². The molecule has 3 rings (SSSR count). The van der Waals surface area contributed by atoms with E-state index in [1.54, 1.807) is 21.0 Å². The third kappa shape index (κ3) is 2.41. The van der Waals surface area contributed by atoms with Crippen LogP contribution in [0.3, 0.4) is 0 Å². The summed E-state index contributed by atoms with van der Waals surface area (Å²) in [5.41, 5.74) is -0.145. The molecule has 0 radical (unpaired) electrons. The van der Waals surface area contributed by atoms with Crippen LogP contribution >= 0.6 is 0 Å². The fourth-order valence-electron chi connectivity index (χ4n) is 3.25. The van der Waals surface area contributed by atoms with Crippen LogP contribution in [0.4, 0.5) is 4.79 Å².